The van der Waals surface area contributed by atoms with Crippen molar-refractivity contribution in [1.82, 2.24) is 5.32 Å². The van der Waals surface area contributed by atoms with E-state index in [1.54, 1.807) is 6.08 Å². The lowest BCUT2D eigenvalue weighted by Crippen LogP contribution is -2.45. The minimum atomic E-state index is -0.844. The summed E-state index contributed by atoms with van der Waals surface area (Å²) < 4.78 is 5.47. The molecule has 0 heterocycles. The highest BCUT2D eigenvalue weighted by Gasteiger charge is 2.18. The second kappa shape index (κ2) is 55.9. The van der Waals surface area contributed by atoms with Crippen LogP contribution in [0.2, 0.25) is 0 Å². The molecule has 1 amide bonds. The molecule has 0 saturated heterocycles. The Labute approximate surface area is 411 Å². The predicted octanol–water partition coefficient (Wildman–Crippen LogP) is 18.2. The second-order valence-corrected chi connectivity index (χ2v) is 20.3. The molecule has 0 aromatic rings. The summed E-state index contributed by atoms with van der Waals surface area (Å²) in [6.07, 6.45) is 67.7. The molecule has 390 valence electrons. The van der Waals surface area contributed by atoms with Crippen molar-refractivity contribution < 1.29 is 24.5 Å². The molecule has 0 saturated carbocycles. The van der Waals surface area contributed by atoms with Gasteiger partial charge in [0.2, 0.25) is 5.91 Å². The number of hydrogen-bond donors (Lipinski definition) is 3. The van der Waals surface area contributed by atoms with Crippen LogP contribution in [0, 0.1) is 0 Å². The number of hydrogen-bond acceptors (Lipinski definition) is 5. The maximum atomic E-state index is 12.4. The van der Waals surface area contributed by atoms with Crippen molar-refractivity contribution in [3.63, 3.8) is 0 Å². The molecule has 0 aliphatic rings. The van der Waals surface area contributed by atoms with E-state index in [4.69, 9.17) is 4.74 Å². The maximum Gasteiger partial charge on any atom is 0.305 e. The highest BCUT2D eigenvalue weighted by atomic mass is 16.5. The smallest absolute Gasteiger partial charge is 0.305 e. The number of amides is 1. The van der Waals surface area contributed by atoms with E-state index in [1.807, 2.05) is 6.08 Å². The molecule has 0 aromatic carbocycles. The molecule has 2 unspecified atom stereocenters. The fourth-order valence-electron chi connectivity index (χ4n) is 9.16. The van der Waals surface area contributed by atoms with Crippen molar-refractivity contribution in [1.29, 1.82) is 0 Å². The number of esters is 1. The molecular formula is C60H115NO5. The van der Waals surface area contributed by atoms with Gasteiger partial charge in [-0.3, -0.25) is 9.59 Å². The lowest BCUT2D eigenvalue weighted by molar-refractivity contribution is -0.143. The third-order valence-corrected chi connectivity index (χ3v) is 13.7. The maximum absolute atomic E-state index is 12.4. The number of rotatable bonds is 55. The van der Waals surface area contributed by atoms with E-state index >= 15 is 0 Å². The highest BCUT2D eigenvalue weighted by molar-refractivity contribution is 5.76. The summed E-state index contributed by atoms with van der Waals surface area (Å²) in [5.74, 6) is -0.0651. The number of aliphatic hydroxyl groups excluding tert-OH is 2. The fourth-order valence-corrected chi connectivity index (χ4v) is 9.16. The Morgan fingerprint density at radius 1 is 0.409 bits per heavy atom. The van der Waals surface area contributed by atoms with Gasteiger partial charge in [0.05, 0.1) is 25.4 Å². The average Bonchev–Trinajstić information content (AvgIpc) is 3.32. The average molecular weight is 931 g/mol. The minimum absolute atomic E-state index is 0.00295. The van der Waals surface area contributed by atoms with Gasteiger partial charge in [0.25, 0.3) is 0 Å². The number of unbranched alkanes of at least 4 members (excludes halogenated alkanes) is 42. The Kier molecular flexibility index (Phi) is 54.5. The van der Waals surface area contributed by atoms with Crippen LogP contribution >= 0.6 is 0 Å². The molecule has 3 N–H and O–H groups in total. The zero-order valence-electron chi connectivity index (χ0n) is 44.4. The van der Waals surface area contributed by atoms with Gasteiger partial charge < -0.3 is 20.3 Å². The molecule has 0 aliphatic heterocycles. The monoisotopic (exact) mass is 930 g/mol. The Balaban J connectivity index is 3.40. The van der Waals surface area contributed by atoms with E-state index in [-0.39, 0.29) is 18.5 Å². The van der Waals surface area contributed by atoms with Crippen LogP contribution in [-0.4, -0.2) is 47.4 Å². The number of ether oxygens (including phenoxy) is 1. The van der Waals surface area contributed by atoms with Gasteiger partial charge in [-0.1, -0.05) is 276 Å². The minimum Gasteiger partial charge on any atom is -0.466 e. The van der Waals surface area contributed by atoms with E-state index < -0.39 is 12.1 Å². The Morgan fingerprint density at radius 3 is 1.08 bits per heavy atom. The topological polar surface area (TPSA) is 95.9 Å². The lowest BCUT2D eigenvalue weighted by Gasteiger charge is -2.20. The first-order valence-electron chi connectivity index (χ1n) is 29.6. The van der Waals surface area contributed by atoms with Crippen LogP contribution in [0.3, 0.4) is 0 Å². The summed E-state index contributed by atoms with van der Waals surface area (Å²) in [4.78, 5) is 24.5. The molecule has 0 fully saturated rings. The van der Waals surface area contributed by atoms with Gasteiger partial charge in [0.1, 0.15) is 0 Å². The second-order valence-electron chi connectivity index (χ2n) is 20.3. The number of allylic oxidation sites excluding steroid dienone is 3. The number of aliphatic hydroxyl groups is 2. The molecule has 0 aliphatic carbocycles. The van der Waals surface area contributed by atoms with Gasteiger partial charge in [0, 0.05) is 12.8 Å². The largest absolute Gasteiger partial charge is 0.466 e. The van der Waals surface area contributed by atoms with Crippen LogP contribution in [0.25, 0.3) is 0 Å². The Bertz CT molecular complexity index is 1030. The van der Waals surface area contributed by atoms with Gasteiger partial charge in [-0.2, -0.15) is 0 Å². The van der Waals surface area contributed by atoms with Crippen LogP contribution in [0.4, 0.5) is 0 Å². The SMILES string of the molecule is CCCCCCC/C=C\CCCCCCCC(=O)OCCCCCCCCCCCCCCCCCCCCCCCC(=O)NC(CO)C(O)/C=C/CCCCCCCCCCCCCC. The van der Waals surface area contributed by atoms with Crippen LogP contribution in [0.15, 0.2) is 24.3 Å². The Morgan fingerprint density at radius 2 is 0.712 bits per heavy atom. The number of carbonyl (C=O) groups is 2. The van der Waals surface area contributed by atoms with E-state index in [0.29, 0.717) is 19.4 Å². The molecular weight excluding hydrogens is 815 g/mol. The predicted molar refractivity (Wildman–Crippen MR) is 287 cm³/mol. The highest BCUT2D eigenvalue weighted by Crippen LogP contribution is 2.17. The third-order valence-electron chi connectivity index (χ3n) is 13.7. The van der Waals surface area contributed by atoms with E-state index in [0.717, 1.165) is 44.9 Å². The standard InChI is InChI=1S/C60H115NO5/c1-3-5-7-9-11-13-15-17-28-32-36-40-44-48-52-58(63)57(56-62)61-59(64)53-49-45-41-37-33-29-26-24-22-20-19-21-23-25-27-31-35-39-43-47-51-55-66-60(65)54-50-46-42-38-34-30-18-16-14-12-10-8-6-4-2/h16,18,48,52,57-58,62-63H,3-15,17,19-47,49-51,53-56H2,1-2H3,(H,61,64)/b18-16-,52-48+. The summed E-state index contributed by atoms with van der Waals surface area (Å²) in [6.45, 7) is 4.90. The molecule has 0 aromatic heterocycles. The summed E-state index contributed by atoms with van der Waals surface area (Å²) in [6, 6.07) is -0.628. The van der Waals surface area contributed by atoms with Crippen molar-refractivity contribution in [2.75, 3.05) is 13.2 Å². The summed E-state index contributed by atoms with van der Waals surface area (Å²) in [5.41, 5.74) is 0. The summed E-state index contributed by atoms with van der Waals surface area (Å²) >= 11 is 0. The quantitative estimate of drug-likeness (QED) is 0.0321. The fraction of sp³-hybridized carbons (Fsp3) is 0.900. The summed E-state index contributed by atoms with van der Waals surface area (Å²) in [7, 11) is 0. The lowest BCUT2D eigenvalue weighted by atomic mass is 10.0. The zero-order valence-corrected chi connectivity index (χ0v) is 44.4. The normalized spacial score (nSPS) is 12.7. The van der Waals surface area contributed by atoms with Gasteiger partial charge in [-0.05, 0) is 57.8 Å². The molecule has 0 spiro atoms. The molecule has 6 nitrogen and oxygen atoms in total. The van der Waals surface area contributed by atoms with Crippen LogP contribution in [-0.2, 0) is 14.3 Å². The van der Waals surface area contributed by atoms with Crippen molar-refractivity contribution in [3.8, 4) is 0 Å². The number of carbonyl (C=O) groups excluding carboxylic acids is 2. The van der Waals surface area contributed by atoms with Gasteiger partial charge in [-0.15, -0.1) is 0 Å². The zero-order chi connectivity index (χ0) is 47.9. The first-order valence-corrected chi connectivity index (χ1v) is 29.6. The summed E-state index contributed by atoms with van der Waals surface area (Å²) in [5, 5.41) is 23.1. The third kappa shape index (κ3) is 51.7. The molecule has 6 heteroatoms. The van der Waals surface area contributed by atoms with Crippen LogP contribution in [0.5, 0.6) is 0 Å². The Hall–Kier alpha value is -1.66. The van der Waals surface area contributed by atoms with Crippen LogP contribution in [0.1, 0.15) is 322 Å². The first kappa shape index (κ1) is 64.3. The molecule has 0 radical (unpaired) electrons. The first-order chi connectivity index (χ1) is 32.5. The van der Waals surface area contributed by atoms with Crippen molar-refractivity contribution in [2.45, 2.75) is 334 Å². The van der Waals surface area contributed by atoms with Crippen molar-refractivity contribution in [3.05, 3.63) is 24.3 Å². The molecule has 2 atom stereocenters. The molecule has 0 rings (SSSR count). The van der Waals surface area contributed by atoms with Crippen molar-refractivity contribution >= 4 is 11.9 Å². The molecule has 0 bridgehead atoms. The van der Waals surface area contributed by atoms with Crippen LogP contribution < -0.4 is 5.32 Å². The van der Waals surface area contributed by atoms with E-state index in [2.05, 4.69) is 31.3 Å². The van der Waals surface area contributed by atoms with E-state index in [1.165, 1.54) is 250 Å². The van der Waals surface area contributed by atoms with Gasteiger partial charge >= 0.3 is 5.97 Å². The van der Waals surface area contributed by atoms with E-state index in [9.17, 15) is 19.8 Å². The molecule has 66 heavy (non-hydrogen) atoms. The van der Waals surface area contributed by atoms with Gasteiger partial charge in [0.15, 0.2) is 0 Å². The van der Waals surface area contributed by atoms with Gasteiger partial charge in [-0.25, -0.2) is 0 Å². The van der Waals surface area contributed by atoms with Crippen molar-refractivity contribution in [2.24, 2.45) is 0 Å². The number of nitrogens with one attached hydrogen (secondary N) is 1.